The van der Waals surface area contributed by atoms with Crippen LogP contribution in [0.3, 0.4) is 0 Å². The second-order valence-electron chi connectivity index (χ2n) is 8.43. The van der Waals surface area contributed by atoms with Gasteiger partial charge in [-0.2, -0.15) is 0 Å². The van der Waals surface area contributed by atoms with Crippen LogP contribution in [0.1, 0.15) is 32.5 Å². The van der Waals surface area contributed by atoms with E-state index in [1.807, 2.05) is 11.0 Å². The number of anilines is 3. The van der Waals surface area contributed by atoms with E-state index in [1.54, 1.807) is 20.2 Å². The van der Waals surface area contributed by atoms with E-state index in [9.17, 15) is 19.5 Å². The molecular formula is C23H30N6O6S. The van der Waals surface area contributed by atoms with Crippen molar-refractivity contribution in [2.45, 2.75) is 13.8 Å². The van der Waals surface area contributed by atoms with Gasteiger partial charge in [-0.05, 0) is 19.4 Å². The number of hydrogen-bond acceptors (Lipinski definition) is 11. The van der Waals surface area contributed by atoms with E-state index in [0.717, 1.165) is 36.1 Å². The second kappa shape index (κ2) is 11.6. The Morgan fingerprint density at radius 1 is 1.08 bits per heavy atom. The maximum atomic E-state index is 12.7. The van der Waals surface area contributed by atoms with Crippen molar-refractivity contribution in [1.29, 1.82) is 0 Å². The van der Waals surface area contributed by atoms with Crippen molar-refractivity contribution in [2.75, 3.05) is 80.8 Å². The SMILES string of the molecule is CCOC(=O)c1sc(NC(=O)CN2CCN(c3cc(N4CCOCC4)ncn3)CC2)c(C(=O)O)c1C. The summed E-state index contributed by atoms with van der Waals surface area (Å²) in [5.74, 6) is -0.403. The summed E-state index contributed by atoms with van der Waals surface area (Å²) in [7, 11) is 0. The number of piperazine rings is 1. The maximum absolute atomic E-state index is 12.7. The van der Waals surface area contributed by atoms with E-state index in [0.29, 0.717) is 39.4 Å². The molecule has 4 heterocycles. The van der Waals surface area contributed by atoms with Crippen LogP contribution in [-0.2, 0) is 14.3 Å². The molecule has 2 fully saturated rings. The molecule has 0 aliphatic carbocycles. The van der Waals surface area contributed by atoms with E-state index in [-0.39, 0.29) is 40.1 Å². The monoisotopic (exact) mass is 518 g/mol. The number of nitrogens with one attached hydrogen (secondary N) is 1. The quantitative estimate of drug-likeness (QED) is 0.489. The smallest absolute Gasteiger partial charge is 0.348 e. The predicted molar refractivity (Wildman–Crippen MR) is 134 cm³/mol. The second-order valence-corrected chi connectivity index (χ2v) is 9.45. The lowest BCUT2D eigenvalue weighted by Crippen LogP contribution is -2.49. The Morgan fingerprint density at radius 2 is 1.72 bits per heavy atom. The van der Waals surface area contributed by atoms with Crippen LogP contribution in [0.15, 0.2) is 12.4 Å². The Bertz CT molecular complexity index is 1110. The normalized spacial score (nSPS) is 16.6. The van der Waals surface area contributed by atoms with Crippen molar-refractivity contribution in [3.63, 3.8) is 0 Å². The molecule has 12 nitrogen and oxygen atoms in total. The molecule has 0 saturated carbocycles. The molecule has 2 aliphatic rings. The summed E-state index contributed by atoms with van der Waals surface area (Å²) in [5, 5.41) is 12.4. The molecule has 194 valence electrons. The zero-order valence-electron chi connectivity index (χ0n) is 20.4. The summed E-state index contributed by atoms with van der Waals surface area (Å²) in [6.07, 6.45) is 1.58. The van der Waals surface area contributed by atoms with Gasteiger partial charge >= 0.3 is 11.9 Å². The molecule has 0 spiro atoms. The fourth-order valence-electron chi connectivity index (χ4n) is 4.23. The maximum Gasteiger partial charge on any atom is 0.348 e. The number of rotatable bonds is 8. The third-order valence-electron chi connectivity index (χ3n) is 6.11. The number of carboxylic acid groups (broad SMARTS) is 1. The van der Waals surface area contributed by atoms with Crippen molar-refractivity contribution in [3.05, 3.63) is 28.4 Å². The lowest BCUT2D eigenvalue weighted by Gasteiger charge is -2.35. The summed E-state index contributed by atoms with van der Waals surface area (Å²) in [6.45, 7) is 9.15. The number of hydrogen-bond donors (Lipinski definition) is 2. The number of carbonyl (C=O) groups is 3. The highest BCUT2D eigenvalue weighted by Crippen LogP contribution is 2.33. The van der Waals surface area contributed by atoms with Gasteiger partial charge in [-0.25, -0.2) is 19.6 Å². The number of carbonyl (C=O) groups excluding carboxylic acids is 2. The molecular weight excluding hydrogens is 488 g/mol. The third kappa shape index (κ3) is 5.91. The molecule has 2 aromatic rings. The number of aromatic nitrogens is 2. The minimum Gasteiger partial charge on any atom is -0.478 e. The van der Waals surface area contributed by atoms with Gasteiger partial charge in [-0.3, -0.25) is 9.69 Å². The summed E-state index contributed by atoms with van der Waals surface area (Å²) < 4.78 is 10.4. The van der Waals surface area contributed by atoms with Gasteiger partial charge in [0.05, 0.1) is 31.9 Å². The number of morpholine rings is 1. The van der Waals surface area contributed by atoms with Gasteiger partial charge in [0.25, 0.3) is 0 Å². The van der Waals surface area contributed by atoms with Crippen molar-refractivity contribution < 1.29 is 29.0 Å². The predicted octanol–water partition coefficient (Wildman–Crippen LogP) is 1.32. The van der Waals surface area contributed by atoms with E-state index in [2.05, 4.69) is 25.1 Å². The first kappa shape index (κ1) is 25.8. The average Bonchev–Trinajstić information content (AvgIpc) is 3.21. The lowest BCUT2D eigenvalue weighted by atomic mass is 10.1. The number of thiophene rings is 1. The van der Waals surface area contributed by atoms with Crippen LogP contribution in [0.5, 0.6) is 0 Å². The molecule has 0 unspecified atom stereocenters. The van der Waals surface area contributed by atoms with E-state index in [1.165, 1.54) is 0 Å². The van der Waals surface area contributed by atoms with Crippen LogP contribution >= 0.6 is 11.3 Å². The summed E-state index contributed by atoms with van der Waals surface area (Å²) >= 11 is 0.923. The highest BCUT2D eigenvalue weighted by atomic mass is 32.1. The number of ether oxygens (including phenoxy) is 2. The first-order chi connectivity index (χ1) is 17.4. The molecule has 0 bridgehead atoms. The molecule has 0 radical (unpaired) electrons. The van der Waals surface area contributed by atoms with Crippen LogP contribution in [0.25, 0.3) is 0 Å². The summed E-state index contributed by atoms with van der Waals surface area (Å²) in [4.78, 5) is 52.0. The van der Waals surface area contributed by atoms with Crippen LogP contribution < -0.4 is 15.1 Å². The largest absolute Gasteiger partial charge is 0.478 e. The standard InChI is InChI=1S/C23H30N6O6S/c1-3-35-23(33)20-15(2)19(22(31)32)21(36-20)26-18(30)13-27-4-6-28(7-5-27)16-12-17(25-14-24-16)29-8-10-34-11-9-29/h12,14H,3-11,13H2,1-2H3,(H,26,30)(H,31,32). The molecule has 36 heavy (non-hydrogen) atoms. The Kier molecular flexibility index (Phi) is 8.33. The van der Waals surface area contributed by atoms with Crippen molar-refractivity contribution in [2.24, 2.45) is 0 Å². The number of carboxylic acids is 1. The molecule has 13 heteroatoms. The molecule has 0 atom stereocenters. The van der Waals surface area contributed by atoms with Crippen LogP contribution in [0.2, 0.25) is 0 Å². The zero-order chi connectivity index (χ0) is 25.7. The number of nitrogens with zero attached hydrogens (tertiary/aromatic N) is 5. The zero-order valence-corrected chi connectivity index (χ0v) is 21.2. The van der Waals surface area contributed by atoms with Gasteiger partial charge in [0, 0.05) is 45.3 Å². The molecule has 2 N–H and O–H groups in total. The first-order valence-corrected chi connectivity index (χ1v) is 12.6. The fraction of sp³-hybridized carbons (Fsp3) is 0.522. The number of esters is 1. The number of amides is 1. The lowest BCUT2D eigenvalue weighted by molar-refractivity contribution is -0.117. The molecule has 2 saturated heterocycles. The van der Waals surface area contributed by atoms with Gasteiger partial charge in [-0.15, -0.1) is 11.3 Å². The van der Waals surface area contributed by atoms with Crippen molar-refractivity contribution in [1.82, 2.24) is 14.9 Å². The highest BCUT2D eigenvalue weighted by molar-refractivity contribution is 7.18. The minimum atomic E-state index is -1.20. The van der Waals surface area contributed by atoms with Crippen LogP contribution in [-0.4, -0.2) is 103 Å². The Morgan fingerprint density at radius 3 is 2.33 bits per heavy atom. The average molecular weight is 519 g/mol. The van der Waals surface area contributed by atoms with Gasteiger partial charge < -0.3 is 29.7 Å². The highest BCUT2D eigenvalue weighted by Gasteiger charge is 2.27. The summed E-state index contributed by atoms with van der Waals surface area (Å²) in [6, 6.07) is 1.99. The first-order valence-electron chi connectivity index (χ1n) is 11.8. The Labute approximate surface area is 212 Å². The minimum absolute atomic E-state index is 0.0824. The van der Waals surface area contributed by atoms with Gasteiger partial charge in [0.1, 0.15) is 27.8 Å². The molecule has 0 aromatic carbocycles. The Balaban J connectivity index is 1.34. The van der Waals surface area contributed by atoms with Gasteiger partial charge in [0.15, 0.2) is 0 Å². The van der Waals surface area contributed by atoms with Crippen molar-refractivity contribution in [3.8, 4) is 0 Å². The molecule has 1 amide bonds. The molecule has 2 aliphatic heterocycles. The van der Waals surface area contributed by atoms with Gasteiger partial charge in [-0.1, -0.05) is 0 Å². The van der Waals surface area contributed by atoms with Gasteiger partial charge in [0.2, 0.25) is 5.91 Å². The van der Waals surface area contributed by atoms with Crippen LogP contribution in [0, 0.1) is 6.92 Å². The third-order valence-corrected chi connectivity index (χ3v) is 7.30. The Hall–Kier alpha value is -3.29. The summed E-state index contributed by atoms with van der Waals surface area (Å²) in [5.41, 5.74) is 0.206. The topological polar surface area (TPSA) is 137 Å². The van der Waals surface area contributed by atoms with E-state index in [4.69, 9.17) is 9.47 Å². The molecule has 2 aromatic heterocycles. The number of aromatic carboxylic acids is 1. The van der Waals surface area contributed by atoms with E-state index >= 15 is 0 Å². The fourth-order valence-corrected chi connectivity index (χ4v) is 5.34. The molecule has 4 rings (SSSR count). The van der Waals surface area contributed by atoms with Crippen molar-refractivity contribution >= 4 is 45.8 Å². The van der Waals surface area contributed by atoms with Crippen LogP contribution in [0.4, 0.5) is 16.6 Å². The van der Waals surface area contributed by atoms with E-state index < -0.39 is 11.9 Å².